The molecule has 0 atom stereocenters. The van der Waals surface area contributed by atoms with Gasteiger partial charge in [-0.1, -0.05) is 6.92 Å². The van der Waals surface area contributed by atoms with Crippen molar-refractivity contribution in [2.45, 2.75) is 26.3 Å². The predicted molar refractivity (Wildman–Crippen MR) is 72.3 cm³/mol. The van der Waals surface area contributed by atoms with Crippen molar-refractivity contribution in [1.29, 1.82) is 0 Å². The van der Waals surface area contributed by atoms with Gasteiger partial charge in [0.1, 0.15) is 5.75 Å². The first kappa shape index (κ1) is 15.4. The van der Waals surface area contributed by atoms with Crippen LogP contribution in [0.5, 0.6) is 5.75 Å². The Morgan fingerprint density at radius 2 is 2.21 bits per heavy atom. The minimum atomic E-state index is -0.412. The van der Waals surface area contributed by atoms with Gasteiger partial charge >= 0.3 is 0 Å². The fourth-order valence-corrected chi connectivity index (χ4v) is 1.61. The molecule has 0 saturated carbocycles. The number of nitro groups is 1. The summed E-state index contributed by atoms with van der Waals surface area (Å²) in [6.45, 7) is 3.94. The summed E-state index contributed by atoms with van der Waals surface area (Å²) in [5.41, 5.74) is 0.843. The second kappa shape index (κ2) is 8.44. The Bertz CT molecular complexity index is 410. The van der Waals surface area contributed by atoms with Gasteiger partial charge in [0, 0.05) is 30.8 Å². The van der Waals surface area contributed by atoms with E-state index in [0.717, 1.165) is 18.5 Å². The number of hydrogen-bond acceptors (Lipinski definition) is 5. The van der Waals surface area contributed by atoms with Crippen molar-refractivity contribution in [2.24, 2.45) is 0 Å². The largest absolute Gasteiger partial charge is 0.493 e. The lowest BCUT2D eigenvalue weighted by molar-refractivity contribution is -0.384. The highest BCUT2D eigenvalue weighted by molar-refractivity contribution is 5.43. The highest BCUT2D eigenvalue weighted by Gasteiger charge is 2.11. The summed E-state index contributed by atoms with van der Waals surface area (Å²) in [6, 6.07) is 4.60. The lowest BCUT2D eigenvalue weighted by Crippen LogP contribution is -2.13. The van der Waals surface area contributed by atoms with Gasteiger partial charge < -0.3 is 15.2 Å². The van der Waals surface area contributed by atoms with Crippen molar-refractivity contribution in [3.05, 3.63) is 33.9 Å². The monoisotopic (exact) mass is 268 g/mol. The molecular formula is C13H20N2O4. The zero-order valence-corrected chi connectivity index (χ0v) is 11.1. The highest BCUT2D eigenvalue weighted by Crippen LogP contribution is 2.24. The number of rotatable bonds is 9. The third kappa shape index (κ3) is 5.23. The van der Waals surface area contributed by atoms with Crippen molar-refractivity contribution in [3.63, 3.8) is 0 Å². The summed E-state index contributed by atoms with van der Waals surface area (Å²) in [6.07, 6.45) is 1.45. The molecule has 0 spiro atoms. The second-order valence-electron chi connectivity index (χ2n) is 4.11. The number of benzene rings is 1. The zero-order valence-electron chi connectivity index (χ0n) is 11.1. The first-order valence-corrected chi connectivity index (χ1v) is 6.40. The molecular weight excluding hydrogens is 248 g/mol. The third-order valence-corrected chi connectivity index (χ3v) is 2.63. The Morgan fingerprint density at radius 3 is 2.84 bits per heavy atom. The van der Waals surface area contributed by atoms with Crippen LogP contribution in [0.2, 0.25) is 0 Å². The Kier molecular flexibility index (Phi) is 6.84. The molecule has 0 aliphatic rings. The molecule has 0 amide bonds. The van der Waals surface area contributed by atoms with Crippen LogP contribution in [0.25, 0.3) is 0 Å². The zero-order chi connectivity index (χ0) is 14.1. The molecule has 0 radical (unpaired) electrons. The summed E-state index contributed by atoms with van der Waals surface area (Å²) in [7, 11) is 0. The van der Waals surface area contributed by atoms with E-state index >= 15 is 0 Å². The molecule has 2 N–H and O–H groups in total. The van der Waals surface area contributed by atoms with E-state index in [9.17, 15) is 10.1 Å². The van der Waals surface area contributed by atoms with Gasteiger partial charge in [0.2, 0.25) is 0 Å². The summed E-state index contributed by atoms with van der Waals surface area (Å²) in [5.74, 6) is 0.657. The van der Waals surface area contributed by atoms with Crippen LogP contribution in [0.4, 0.5) is 5.69 Å². The Balaban J connectivity index is 2.73. The number of unbranched alkanes of at least 4 members (excludes halogenated alkanes) is 1. The summed E-state index contributed by atoms with van der Waals surface area (Å²) in [5, 5.41) is 22.6. The van der Waals surface area contributed by atoms with Crippen LogP contribution in [-0.4, -0.2) is 29.8 Å². The number of aliphatic hydroxyl groups excluding tert-OH is 1. The van der Waals surface area contributed by atoms with Crippen LogP contribution in [0.3, 0.4) is 0 Å². The van der Waals surface area contributed by atoms with E-state index < -0.39 is 4.92 Å². The number of ether oxygens (including phenoxy) is 1. The van der Waals surface area contributed by atoms with Gasteiger partial charge in [-0.2, -0.15) is 0 Å². The van der Waals surface area contributed by atoms with Gasteiger partial charge in [0.05, 0.1) is 11.5 Å². The van der Waals surface area contributed by atoms with Crippen LogP contribution in [0, 0.1) is 10.1 Å². The van der Waals surface area contributed by atoms with Gasteiger partial charge in [-0.25, -0.2) is 0 Å². The maximum absolute atomic E-state index is 10.8. The number of nitro benzene ring substituents is 1. The molecule has 19 heavy (non-hydrogen) atoms. The molecule has 1 aromatic rings. The Morgan fingerprint density at radius 1 is 1.42 bits per heavy atom. The average Bonchev–Trinajstić information content (AvgIpc) is 2.41. The Labute approximate surface area is 112 Å². The molecule has 0 unspecified atom stereocenters. The molecule has 0 heterocycles. The number of non-ortho nitro benzene ring substituents is 1. The van der Waals surface area contributed by atoms with Crippen LogP contribution < -0.4 is 10.1 Å². The molecule has 0 aliphatic heterocycles. The number of nitrogens with zero attached hydrogens (tertiary/aromatic N) is 1. The second-order valence-corrected chi connectivity index (χ2v) is 4.11. The van der Waals surface area contributed by atoms with Crippen molar-refractivity contribution >= 4 is 5.69 Å². The van der Waals surface area contributed by atoms with E-state index in [0.29, 0.717) is 25.3 Å². The topological polar surface area (TPSA) is 84.6 Å². The van der Waals surface area contributed by atoms with Gasteiger partial charge in [-0.3, -0.25) is 10.1 Å². The van der Waals surface area contributed by atoms with Crippen LogP contribution in [0.15, 0.2) is 18.2 Å². The van der Waals surface area contributed by atoms with Gasteiger partial charge in [0.15, 0.2) is 0 Å². The lowest BCUT2D eigenvalue weighted by Gasteiger charge is -2.11. The molecule has 1 aromatic carbocycles. The standard InChI is InChI=1S/C13H20N2O4/c1-2-14-10-11-9-12(15(17)18)5-6-13(11)19-8-4-3-7-16/h5-6,9,14,16H,2-4,7-8,10H2,1H3. The van der Waals surface area contributed by atoms with Gasteiger partial charge in [-0.05, 0) is 25.5 Å². The quantitative estimate of drug-likeness (QED) is 0.405. The van der Waals surface area contributed by atoms with Crippen molar-refractivity contribution < 1.29 is 14.8 Å². The molecule has 0 aromatic heterocycles. The fourth-order valence-electron chi connectivity index (χ4n) is 1.61. The lowest BCUT2D eigenvalue weighted by atomic mass is 10.1. The van der Waals surface area contributed by atoms with Crippen LogP contribution in [0.1, 0.15) is 25.3 Å². The van der Waals surface area contributed by atoms with Gasteiger partial charge in [0.25, 0.3) is 5.69 Å². The van der Waals surface area contributed by atoms with Crippen molar-refractivity contribution in [3.8, 4) is 5.75 Å². The van der Waals surface area contributed by atoms with E-state index in [1.165, 1.54) is 12.1 Å². The normalized spacial score (nSPS) is 10.4. The van der Waals surface area contributed by atoms with Crippen LogP contribution in [-0.2, 0) is 6.54 Å². The maximum atomic E-state index is 10.8. The Hall–Kier alpha value is -1.66. The molecule has 0 saturated heterocycles. The van der Waals surface area contributed by atoms with Crippen molar-refractivity contribution in [1.82, 2.24) is 5.32 Å². The first-order valence-electron chi connectivity index (χ1n) is 6.40. The highest BCUT2D eigenvalue weighted by atomic mass is 16.6. The number of aliphatic hydroxyl groups is 1. The predicted octanol–water partition coefficient (Wildman–Crippen LogP) is 1.86. The fraction of sp³-hybridized carbons (Fsp3) is 0.538. The first-order chi connectivity index (χ1) is 9.19. The summed E-state index contributed by atoms with van der Waals surface area (Å²) >= 11 is 0. The van der Waals surface area contributed by atoms with E-state index in [2.05, 4.69) is 5.32 Å². The number of nitrogens with one attached hydrogen (secondary N) is 1. The smallest absolute Gasteiger partial charge is 0.270 e. The molecule has 6 nitrogen and oxygen atoms in total. The molecule has 106 valence electrons. The molecule has 0 fully saturated rings. The van der Waals surface area contributed by atoms with E-state index in [1.54, 1.807) is 6.07 Å². The molecule has 0 bridgehead atoms. The molecule has 6 heteroatoms. The third-order valence-electron chi connectivity index (χ3n) is 2.63. The van der Waals surface area contributed by atoms with E-state index in [-0.39, 0.29) is 12.3 Å². The van der Waals surface area contributed by atoms with Crippen molar-refractivity contribution in [2.75, 3.05) is 19.8 Å². The summed E-state index contributed by atoms with van der Waals surface area (Å²) in [4.78, 5) is 10.3. The van der Waals surface area contributed by atoms with Crippen LogP contribution >= 0.6 is 0 Å². The maximum Gasteiger partial charge on any atom is 0.270 e. The van der Waals surface area contributed by atoms with Gasteiger partial charge in [-0.15, -0.1) is 0 Å². The molecule has 0 aliphatic carbocycles. The van der Waals surface area contributed by atoms with E-state index in [1.807, 2.05) is 6.92 Å². The van der Waals surface area contributed by atoms with E-state index in [4.69, 9.17) is 9.84 Å². The average molecular weight is 268 g/mol. The summed E-state index contributed by atoms with van der Waals surface area (Å²) < 4.78 is 5.60. The minimum absolute atomic E-state index is 0.0654. The minimum Gasteiger partial charge on any atom is -0.493 e. The molecule has 1 rings (SSSR count). The number of hydrogen-bond donors (Lipinski definition) is 2. The SMILES string of the molecule is CCNCc1cc([N+](=O)[O-])ccc1OCCCCO.